The Labute approximate surface area is 378 Å². The molecule has 0 spiro atoms. The van der Waals surface area contributed by atoms with Crippen LogP contribution in [0.15, 0.2) is 182 Å². The Morgan fingerprint density at radius 1 is 0.477 bits per heavy atom. The number of para-hydroxylation sites is 4. The topological polar surface area (TPSA) is 55.3 Å². The Morgan fingerprint density at radius 3 is 1.58 bits per heavy atom. The number of aromatic nitrogens is 4. The van der Waals surface area contributed by atoms with Crippen molar-refractivity contribution in [3.63, 3.8) is 0 Å². The van der Waals surface area contributed by atoms with Crippen molar-refractivity contribution in [1.29, 1.82) is 5.26 Å². The Morgan fingerprint density at radius 2 is 0.985 bits per heavy atom. The SMILES string of the molecule is [C-]#[N+]c1c(-c2ccccc2)c(C#N)c(-n2c3ccccc3n3c4ccccc4nc23)c(-c2ccccc2)c1-n1c2c(ccc3c4ccccc4sc32)c2ccc3c4ccccc4sc3c21. The maximum Gasteiger partial charge on any atom is 0.220 e. The molecule has 0 fully saturated rings. The van der Waals surface area contributed by atoms with Crippen LogP contribution in [0.3, 0.4) is 0 Å². The van der Waals surface area contributed by atoms with Crippen LogP contribution in [0.4, 0.5) is 5.69 Å². The second-order valence-electron chi connectivity index (χ2n) is 16.4. The molecule has 5 aromatic heterocycles. The molecule has 0 bridgehead atoms. The van der Waals surface area contributed by atoms with Gasteiger partial charge in [0.25, 0.3) is 0 Å². The molecule has 300 valence electrons. The lowest BCUT2D eigenvalue weighted by atomic mass is 9.88. The van der Waals surface area contributed by atoms with Gasteiger partial charge in [-0.2, -0.15) is 5.26 Å². The fraction of sp³-hybridized carbons (Fsp3) is 0. The first kappa shape index (κ1) is 36.0. The summed E-state index contributed by atoms with van der Waals surface area (Å²) in [6, 6.07) is 66.0. The minimum Gasteiger partial charge on any atom is -0.316 e. The Hall–Kier alpha value is -8.53. The van der Waals surface area contributed by atoms with Gasteiger partial charge < -0.3 is 4.57 Å². The van der Waals surface area contributed by atoms with Crippen molar-refractivity contribution in [1.82, 2.24) is 18.5 Å². The third kappa shape index (κ3) is 4.82. The van der Waals surface area contributed by atoms with E-state index in [1.54, 1.807) is 22.7 Å². The highest BCUT2D eigenvalue weighted by Gasteiger charge is 2.33. The van der Waals surface area contributed by atoms with E-state index >= 15 is 0 Å². The van der Waals surface area contributed by atoms with E-state index in [4.69, 9.17) is 4.98 Å². The number of hydrogen-bond donors (Lipinski definition) is 0. The lowest BCUT2D eigenvalue weighted by Gasteiger charge is -2.25. The van der Waals surface area contributed by atoms with Gasteiger partial charge in [-0.05, 0) is 47.5 Å². The van der Waals surface area contributed by atoms with E-state index in [2.05, 4.69) is 134 Å². The highest BCUT2D eigenvalue weighted by atomic mass is 32.1. The van der Waals surface area contributed by atoms with Crippen LogP contribution in [-0.4, -0.2) is 18.5 Å². The van der Waals surface area contributed by atoms with Gasteiger partial charge in [0.1, 0.15) is 6.07 Å². The summed E-state index contributed by atoms with van der Waals surface area (Å²) >= 11 is 3.58. The van der Waals surface area contributed by atoms with E-state index in [0.717, 1.165) is 75.7 Å². The molecule has 0 saturated heterocycles. The maximum absolute atomic E-state index is 11.8. The molecule has 0 aliphatic carbocycles. The van der Waals surface area contributed by atoms with E-state index in [-0.39, 0.29) is 0 Å². The van der Waals surface area contributed by atoms with Gasteiger partial charge in [-0.25, -0.2) is 9.83 Å². The van der Waals surface area contributed by atoms with Gasteiger partial charge in [-0.15, -0.1) is 22.7 Å². The van der Waals surface area contributed by atoms with Gasteiger partial charge in [0, 0.05) is 52.8 Å². The molecule has 65 heavy (non-hydrogen) atoms. The summed E-state index contributed by atoms with van der Waals surface area (Å²) in [6.07, 6.45) is 0. The molecule has 0 aliphatic heterocycles. The number of imidazole rings is 2. The molecule has 9 aromatic carbocycles. The van der Waals surface area contributed by atoms with Gasteiger partial charge in [-0.3, -0.25) is 8.97 Å². The molecular formula is C57H30N6S2. The molecule has 0 unspecified atom stereocenters. The quantitative estimate of drug-likeness (QED) is 0.166. The molecule has 14 aromatic rings. The maximum atomic E-state index is 11.8. The summed E-state index contributed by atoms with van der Waals surface area (Å²) in [5.41, 5.74) is 11.0. The molecule has 0 atom stereocenters. The minimum atomic E-state index is 0.403. The van der Waals surface area contributed by atoms with Crippen molar-refractivity contribution in [3.8, 4) is 39.7 Å². The van der Waals surface area contributed by atoms with Gasteiger partial charge >= 0.3 is 0 Å². The second-order valence-corrected chi connectivity index (χ2v) is 18.5. The van der Waals surface area contributed by atoms with Crippen LogP contribution in [0.1, 0.15) is 5.56 Å². The predicted octanol–water partition coefficient (Wildman–Crippen LogP) is 16.0. The molecule has 6 nitrogen and oxygen atoms in total. The van der Waals surface area contributed by atoms with E-state index in [9.17, 15) is 11.8 Å². The Bertz CT molecular complexity index is 4310. The molecule has 0 radical (unpaired) electrons. The third-order valence-corrected chi connectivity index (χ3v) is 15.5. The first-order valence-corrected chi connectivity index (χ1v) is 23.0. The molecule has 0 aliphatic rings. The Balaban J connectivity index is 1.31. The van der Waals surface area contributed by atoms with Crippen LogP contribution in [0.25, 0.3) is 128 Å². The van der Waals surface area contributed by atoms with E-state index in [0.29, 0.717) is 28.3 Å². The largest absolute Gasteiger partial charge is 0.316 e. The highest BCUT2D eigenvalue weighted by molar-refractivity contribution is 7.27. The van der Waals surface area contributed by atoms with Crippen LogP contribution < -0.4 is 0 Å². The molecule has 8 heteroatoms. The van der Waals surface area contributed by atoms with Crippen molar-refractivity contribution in [2.45, 2.75) is 0 Å². The van der Waals surface area contributed by atoms with E-state index in [1.807, 2.05) is 72.8 Å². The van der Waals surface area contributed by atoms with Crippen LogP contribution in [0, 0.1) is 17.9 Å². The number of rotatable bonds is 4. The number of hydrogen-bond acceptors (Lipinski definition) is 4. The number of thiophene rings is 2. The lowest BCUT2D eigenvalue weighted by molar-refractivity contribution is 1.09. The van der Waals surface area contributed by atoms with Crippen LogP contribution >= 0.6 is 22.7 Å². The molecule has 0 saturated carbocycles. The standard InChI is InChI=1S/C57H30N6S2/c1-59-50-48(33-16-4-2-5-17-33)41(32-58)51(62-45-25-13-12-24-44(45)61-43-23-11-10-22-42(43)60-57(61)62)49(34-18-6-3-7-19-34)54(50)63-52-37(28-30-39-35-20-8-14-26-46(35)64-55(39)52)38-29-31-40-36-21-9-15-27-47(36)65-56(40)53(38)63/h2-31H. The molecular weight excluding hydrogens is 833 g/mol. The summed E-state index contributed by atoms with van der Waals surface area (Å²) in [7, 11) is 0. The van der Waals surface area contributed by atoms with Crippen molar-refractivity contribution >= 4 is 118 Å². The van der Waals surface area contributed by atoms with Crippen molar-refractivity contribution in [2.24, 2.45) is 0 Å². The highest BCUT2D eigenvalue weighted by Crippen LogP contribution is 2.54. The number of nitriles is 1. The summed E-state index contributed by atoms with van der Waals surface area (Å²) in [6.45, 7) is 9.39. The Kier molecular flexibility index (Phi) is 7.47. The van der Waals surface area contributed by atoms with Gasteiger partial charge in [0.15, 0.2) is 0 Å². The molecule has 14 rings (SSSR count). The first-order chi connectivity index (χ1) is 32.2. The summed E-state index contributed by atoms with van der Waals surface area (Å²) < 4.78 is 11.5. The summed E-state index contributed by atoms with van der Waals surface area (Å²) in [5, 5.41) is 18.8. The van der Waals surface area contributed by atoms with Crippen LogP contribution in [-0.2, 0) is 0 Å². The van der Waals surface area contributed by atoms with Gasteiger partial charge in [0.05, 0.1) is 66.0 Å². The third-order valence-electron chi connectivity index (χ3n) is 13.1. The molecule has 5 heterocycles. The average molecular weight is 863 g/mol. The zero-order valence-corrected chi connectivity index (χ0v) is 36.0. The average Bonchev–Trinajstić information content (AvgIpc) is 4.17. The summed E-state index contributed by atoms with van der Waals surface area (Å²) in [5.74, 6) is 0.683. The predicted molar refractivity (Wildman–Crippen MR) is 271 cm³/mol. The van der Waals surface area contributed by atoms with Crippen molar-refractivity contribution in [3.05, 3.63) is 199 Å². The minimum absolute atomic E-state index is 0.403. The first-order valence-electron chi connectivity index (χ1n) is 21.4. The van der Waals surface area contributed by atoms with E-state index in [1.165, 1.54) is 30.9 Å². The monoisotopic (exact) mass is 862 g/mol. The van der Waals surface area contributed by atoms with Crippen molar-refractivity contribution < 1.29 is 0 Å². The van der Waals surface area contributed by atoms with Crippen LogP contribution in [0.2, 0.25) is 0 Å². The van der Waals surface area contributed by atoms with E-state index < -0.39 is 0 Å². The van der Waals surface area contributed by atoms with Crippen molar-refractivity contribution in [2.75, 3.05) is 0 Å². The van der Waals surface area contributed by atoms with Gasteiger partial charge in [-0.1, -0.05) is 146 Å². The fourth-order valence-corrected chi connectivity index (χ4v) is 12.9. The lowest BCUT2D eigenvalue weighted by Crippen LogP contribution is -2.09. The molecule has 0 amide bonds. The fourth-order valence-electron chi connectivity index (χ4n) is 10.5. The number of benzene rings is 9. The van der Waals surface area contributed by atoms with Gasteiger partial charge in [0.2, 0.25) is 11.5 Å². The smallest absolute Gasteiger partial charge is 0.220 e. The number of nitrogens with zero attached hydrogens (tertiary/aromatic N) is 6. The summed E-state index contributed by atoms with van der Waals surface area (Å²) in [4.78, 5) is 9.95. The van der Waals surface area contributed by atoms with Crippen LogP contribution in [0.5, 0.6) is 0 Å². The molecule has 0 N–H and O–H groups in total. The normalized spacial score (nSPS) is 12.0. The number of fused-ring (bicyclic) bond motifs is 16. The zero-order valence-electron chi connectivity index (χ0n) is 34.3. The second kappa shape index (κ2) is 13.5. The zero-order chi connectivity index (χ0) is 42.9.